The molecule has 0 amide bonds. The number of allylic oxidation sites excluding steroid dienone is 3. The van der Waals surface area contributed by atoms with Crippen LogP contribution in [0.3, 0.4) is 0 Å². The van der Waals surface area contributed by atoms with Gasteiger partial charge in [-0.05, 0) is 13.0 Å². The lowest BCUT2D eigenvalue weighted by atomic mass is 10.3. The average Bonchev–Trinajstić information content (AvgIpc) is 1.88. The smallest absolute Gasteiger partial charge is 0.353 e. The van der Waals surface area contributed by atoms with Crippen molar-refractivity contribution in [2.24, 2.45) is 0 Å². The van der Waals surface area contributed by atoms with Crippen LogP contribution in [0.1, 0.15) is 6.92 Å². The van der Waals surface area contributed by atoms with Gasteiger partial charge in [-0.1, -0.05) is 18.2 Å². The number of nitrogens with one attached hydrogen (secondary N) is 1. The summed E-state index contributed by atoms with van der Waals surface area (Å²) in [5.74, 6) is -1.21. The summed E-state index contributed by atoms with van der Waals surface area (Å²) in [6.45, 7) is 1.81. The van der Waals surface area contributed by atoms with Gasteiger partial charge in [-0.2, -0.15) is 0 Å². The zero-order valence-electron chi connectivity index (χ0n) is 5.66. The van der Waals surface area contributed by atoms with Crippen LogP contribution in [0.15, 0.2) is 24.3 Å². The highest BCUT2D eigenvalue weighted by Gasteiger charge is 1.98. The Balaban J connectivity index is 3.90. The summed E-state index contributed by atoms with van der Waals surface area (Å²) in [4.78, 5) is 9.99. The van der Waals surface area contributed by atoms with E-state index >= 15 is 0 Å². The molecule has 54 valence electrons. The van der Waals surface area contributed by atoms with Gasteiger partial charge in [0.2, 0.25) is 0 Å². The number of hydrogen-bond acceptors (Lipinski definition) is 2. The monoisotopic (exact) mass is 139 g/mol. The summed E-state index contributed by atoms with van der Waals surface area (Å²) in [5, 5.41) is 15.0. The Morgan fingerprint density at radius 2 is 2.10 bits per heavy atom. The van der Waals surface area contributed by atoms with Crippen LogP contribution >= 0.6 is 0 Å². The molecule has 0 aliphatic rings. The first-order valence-corrected chi connectivity index (χ1v) is 2.79. The van der Waals surface area contributed by atoms with Crippen molar-refractivity contribution >= 4 is 11.7 Å². The third-order valence-corrected chi connectivity index (χ3v) is 0.797. The van der Waals surface area contributed by atoms with Crippen LogP contribution in [0.4, 0.5) is 0 Å². The van der Waals surface area contributed by atoms with Gasteiger partial charge in [0.1, 0.15) is 5.71 Å². The maximum absolute atomic E-state index is 9.99. The number of carboxylic acid groups (broad SMARTS) is 1. The van der Waals surface area contributed by atoms with Crippen molar-refractivity contribution in [3.63, 3.8) is 0 Å². The standard InChI is InChI=1S/C7H9NO2/c1-2-3-4-5-6(8)7(9)10/h2-5,8H,1H3,(H,9,10)/b3-2-,5-4-,8-6?. The third-order valence-electron chi connectivity index (χ3n) is 0.797. The van der Waals surface area contributed by atoms with E-state index < -0.39 is 11.7 Å². The van der Waals surface area contributed by atoms with E-state index in [2.05, 4.69) is 0 Å². The molecule has 0 bridgehead atoms. The zero-order valence-corrected chi connectivity index (χ0v) is 5.66. The van der Waals surface area contributed by atoms with Crippen molar-refractivity contribution in [3.05, 3.63) is 24.3 Å². The molecule has 0 aliphatic carbocycles. The van der Waals surface area contributed by atoms with Gasteiger partial charge in [0.25, 0.3) is 0 Å². The quantitative estimate of drug-likeness (QED) is 0.456. The van der Waals surface area contributed by atoms with Crippen molar-refractivity contribution in [1.82, 2.24) is 0 Å². The summed E-state index contributed by atoms with van der Waals surface area (Å²) >= 11 is 0. The van der Waals surface area contributed by atoms with Crippen LogP contribution in [-0.4, -0.2) is 16.8 Å². The van der Waals surface area contributed by atoms with Gasteiger partial charge in [-0.25, -0.2) is 4.79 Å². The Bertz CT molecular complexity index is 192. The minimum Gasteiger partial charge on any atom is -0.477 e. The summed E-state index contributed by atoms with van der Waals surface area (Å²) in [5.41, 5.74) is -0.405. The third kappa shape index (κ3) is 3.60. The van der Waals surface area contributed by atoms with Gasteiger partial charge in [0.05, 0.1) is 0 Å². The number of hydrogen-bond donors (Lipinski definition) is 2. The molecule has 2 N–H and O–H groups in total. The average molecular weight is 139 g/mol. The molecule has 10 heavy (non-hydrogen) atoms. The van der Waals surface area contributed by atoms with Crippen LogP contribution in [-0.2, 0) is 4.79 Å². The van der Waals surface area contributed by atoms with Crippen molar-refractivity contribution in [2.75, 3.05) is 0 Å². The van der Waals surface area contributed by atoms with Gasteiger partial charge in [-0.15, -0.1) is 0 Å². The van der Waals surface area contributed by atoms with E-state index in [1.165, 1.54) is 12.2 Å². The molecule has 0 atom stereocenters. The Morgan fingerprint density at radius 3 is 2.50 bits per heavy atom. The molecule has 0 rings (SSSR count). The summed E-state index contributed by atoms with van der Waals surface area (Å²) in [6.07, 6.45) is 6.15. The van der Waals surface area contributed by atoms with Gasteiger partial charge in [0.15, 0.2) is 0 Å². The first kappa shape index (κ1) is 8.62. The highest BCUT2D eigenvalue weighted by atomic mass is 16.4. The Morgan fingerprint density at radius 1 is 1.50 bits per heavy atom. The SMILES string of the molecule is C/C=C\C=C/C(=N)C(=O)O. The van der Waals surface area contributed by atoms with Crippen LogP contribution in [0, 0.1) is 5.41 Å². The Labute approximate surface area is 59.2 Å². The van der Waals surface area contributed by atoms with Crippen LogP contribution in [0.25, 0.3) is 0 Å². The number of carboxylic acids is 1. The predicted molar refractivity (Wildman–Crippen MR) is 39.3 cm³/mol. The van der Waals surface area contributed by atoms with Crippen LogP contribution < -0.4 is 0 Å². The summed E-state index contributed by atoms with van der Waals surface area (Å²) < 4.78 is 0. The molecule has 0 fully saturated rings. The van der Waals surface area contributed by atoms with Gasteiger partial charge < -0.3 is 5.11 Å². The second-order valence-corrected chi connectivity index (χ2v) is 1.60. The lowest BCUT2D eigenvalue weighted by Crippen LogP contribution is -2.07. The molecule has 0 aromatic heterocycles. The number of carbonyl (C=O) groups is 1. The maximum Gasteiger partial charge on any atom is 0.353 e. The van der Waals surface area contributed by atoms with Gasteiger partial charge in [0, 0.05) is 0 Å². The van der Waals surface area contributed by atoms with Gasteiger partial charge >= 0.3 is 5.97 Å². The minimum atomic E-state index is -1.21. The van der Waals surface area contributed by atoms with E-state index in [1.807, 2.05) is 6.92 Å². The molecule has 3 heteroatoms. The first-order valence-electron chi connectivity index (χ1n) is 2.79. The fraction of sp³-hybridized carbons (Fsp3) is 0.143. The molecule has 0 unspecified atom stereocenters. The van der Waals surface area contributed by atoms with Gasteiger partial charge in [-0.3, -0.25) is 5.41 Å². The second kappa shape index (κ2) is 4.49. The molecule has 0 spiro atoms. The number of rotatable bonds is 3. The molecule has 0 saturated carbocycles. The van der Waals surface area contributed by atoms with Crippen molar-refractivity contribution in [2.45, 2.75) is 6.92 Å². The Kier molecular flexibility index (Phi) is 3.87. The van der Waals surface area contributed by atoms with E-state index in [1.54, 1.807) is 12.2 Å². The molecule has 0 heterocycles. The maximum atomic E-state index is 9.99. The highest BCUT2D eigenvalue weighted by molar-refractivity contribution is 6.38. The lowest BCUT2D eigenvalue weighted by molar-refractivity contribution is -0.129. The van der Waals surface area contributed by atoms with E-state index in [0.29, 0.717) is 0 Å². The number of aliphatic carboxylic acids is 1. The van der Waals surface area contributed by atoms with Crippen LogP contribution in [0.5, 0.6) is 0 Å². The van der Waals surface area contributed by atoms with Crippen molar-refractivity contribution in [1.29, 1.82) is 5.41 Å². The molecule has 0 radical (unpaired) electrons. The van der Waals surface area contributed by atoms with E-state index in [-0.39, 0.29) is 0 Å². The topological polar surface area (TPSA) is 61.2 Å². The largest absolute Gasteiger partial charge is 0.477 e. The summed E-state index contributed by atoms with van der Waals surface area (Å²) in [7, 11) is 0. The molecule has 0 saturated heterocycles. The molecule has 3 nitrogen and oxygen atoms in total. The van der Waals surface area contributed by atoms with E-state index in [4.69, 9.17) is 10.5 Å². The Hall–Kier alpha value is -1.38. The molecule has 0 aromatic carbocycles. The highest BCUT2D eigenvalue weighted by Crippen LogP contribution is 1.79. The molecule has 0 aliphatic heterocycles. The zero-order chi connectivity index (χ0) is 7.98. The minimum absolute atomic E-state index is 0.405. The van der Waals surface area contributed by atoms with E-state index in [0.717, 1.165) is 0 Å². The molecule has 0 aromatic rings. The molecular weight excluding hydrogens is 130 g/mol. The fourth-order valence-electron chi connectivity index (χ4n) is 0.334. The van der Waals surface area contributed by atoms with Crippen molar-refractivity contribution in [3.8, 4) is 0 Å². The van der Waals surface area contributed by atoms with Crippen molar-refractivity contribution < 1.29 is 9.90 Å². The molecular formula is C7H9NO2. The fourth-order valence-corrected chi connectivity index (χ4v) is 0.334. The van der Waals surface area contributed by atoms with E-state index in [9.17, 15) is 4.79 Å². The second-order valence-electron chi connectivity index (χ2n) is 1.60. The summed E-state index contributed by atoms with van der Waals surface area (Å²) in [6, 6.07) is 0. The lowest BCUT2D eigenvalue weighted by Gasteiger charge is -1.83. The normalized spacial score (nSPS) is 10.9. The van der Waals surface area contributed by atoms with Crippen LogP contribution in [0.2, 0.25) is 0 Å². The predicted octanol–water partition coefficient (Wildman–Crippen LogP) is 1.22. The first-order chi connectivity index (χ1) is 4.68.